The summed E-state index contributed by atoms with van der Waals surface area (Å²) in [4.78, 5) is 35.8. The number of rotatable bonds is 6. The molecule has 1 saturated carbocycles. The Morgan fingerprint density at radius 2 is 1.93 bits per heavy atom. The number of nitrogens with zero attached hydrogens (tertiary/aromatic N) is 5. The van der Waals surface area contributed by atoms with E-state index in [2.05, 4.69) is 20.6 Å². The van der Waals surface area contributed by atoms with Crippen LogP contribution in [0.1, 0.15) is 39.9 Å². The zero-order valence-corrected chi connectivity index (χ0v) is 23.6. The minimum atomic E-state index is -0.511. The summed E-state index contributed by atoms with van der Waals surface area (Å²) in [5.41, 5.74) is 4.78. The summed E-state index contributed by atoms with van der Waals surface area (Å²) in [6.45, 7) is 6.95. The van der Waals surface area contributed by atoms with Gasteiger partial charge in [0.05, 0.1) is 24.1 Å². The van der Waals surface area contributed by atoms with Gasteiger partial charge in [-0.25, -0.2) is 4.79 Å². The van der Waals surface area contributed by atoms with Crippen LogP contribution < -0.4 is 15.5 Å². The number of piperazine rings is 1. The Morgan fingerprint density at radius 1 is 1.12 bits per heavy atom. The van der Waals surface area contributed by atoms with E-state index in [1.807, 2.05) is 32.2 Å². The Hall–Kier alpha value is -3.60. The predicted octanol–water partition coefficient (Wildman–Crippen LogP) is 4.45. The number of fused-ring (bicyclic) bond motifs is 2. The van der Waals surface area contributed by atoms with Crippen molar-refractivity contribution < 1.29 is 14.4 Å². The molecular weight excluding hydrogens is 530 g/mol. The standard InChI is InChI=1S/C29H34ClN7O3/c1-19-3-8-26-25(13-19)33-27-23(16-32-34(27)2)18-37(26)28(38)21-6-7-22(24(30)14-21)15-31-29(39)40-36-11-9-35(10-12-36)17-20-4-5-20/h3,6-8,13-14,16,20,33H,4-5,9-12,15,17-18H2,1-2H3,(H,31,39). The van der Waals surface area contributed by atoms with Gasteiger partial charge in [-0.2, -0.15) is 5.10 Å². The smallest absolute Gasteiger partial charge is 0.351 e. The molecule has 40 heavy (non-hydrogen) atoms. The number of amides is 2. The number of hydrogen-bond acceptors (Lipinski definition) is 7. The van der Waals surface area contributed by atoms with Gasteiger partial charge >= 0.3 is 6.09 Å². The van der Waals surface area contributed by atoms with E-state index < -0.39 is 6.09 Å². The molecule has 2 N–H and O–H groups in total. The quantitative estimate of drug-likeness (QED) is 0.457. The normalized spacial score (nSPS) is 17.4. The molecule has 0 unspecified atom stereocenters. The maximum Gasteiger partial charge on any atom is 0.426 e. The number of nitrogens with one attached hydrogen (secondary N) is 2. The van der Waals surface area contributed by atoms with Gasteiger partial charge in [-0.15, -0.1) is 5.06 Å². The minimum Gasteiger partial charge on any atom is -0.351 e. The van der Waals surface area contributed by atoms with Crippen LogP contribution in [0.15, 0.2) is 42.6 Å². The molecule has 2 aromatic carbocycles. The van der Waals surface area contributed by atoms with E-state index in [1.165, 1.54) is 12.8 Å². The Kier molecular flexibility index (Phi) is 7.39. The summed E-state index contributed by atoms with van der Waals surface area (Å²) in [6, 6.07) is 11.1. The average molecular weight is 564 g/mol. The molecule has 210 valence electrons. The molecular formula is C29H34ClN7O3. The van der Waals surface area contributed by atoms with E-state index in [4.69, 9.17) is 16.4 Å². The highest BCUT2D eigenvalue weighted by molar-refractivity contribution is 6.32. The summed E-state index contributed by atoms with van der Waals surface area (Å²) in [5, 5.41) is 12.7. The second kappa shape index (κ2) is 11.1. The van der Waals surface area contributed by atoms with Gasteiger partial charge in [0.25, 0.3) is 5.91 Å². The number of aryl methyl sites for hydroxylation is 2. The fourth-order valence-electron chi connectivity index (χ4n) is 5.27. The number of benzene rings is 2. The lowest BCUT2D eigenvalue weighted by molar-refractivity contribution is -0.123. The van der Waals surface area contributed by atoms with Crippen LogP contribution in [-0.2, 0) is 25.0 Å². The van der Waals surface area contributed by atoms with Crippen molar-refractivity contribution in [3.63, 3.8) is 0 Å². The van der Waals surface area contributed by atoms with E-state index in [0.29, 0.717) is 35.8 Å². The van der Waals surface area contributed by atoms with Crippen molar-refractivity contribution in [2.75, 3.05) is 42.9 Å². The molecule has 0 radical (unpaired) electrons. The molecule has 0 spiro atoms. The van der Waals surface area contributed by atoms with E-state index in [1.54, 1.807) is 39.0 Å². The van der Waals surface area contributed by atoms with Crippen molar-refractivity contribution in [2.24, 2.45) is 13.0 Å². The second-order valence-corrected chi connectivity index (χ2v) is 11.3. The van der Waals surface area contributed by atoms with Crippen LogP contribution in [0, 0.1) is 12.8 Å². The summed E-state index contributed by atoms with van der Waals surface area (Å²) >= 11 is 6.58. The second-order valence-electron chi connectivity index (χ2n) is 10.9. The van der Waals surface area contributed by atoms with Gasteiger partial charge in [0.15, 0.2) is 0 Å². The highest BCUT2D eigenvalue weighted by Crippen LogP contribution is 2.37. The average Bonchev–Trinajstić information content (AvgIpc) is 3.72. The molecule has 1 saturated heterocycles. The first kappa shape index (κ1) is 26.6. The van der Waals surface area contributed by atoms with Gasteiger partial charge in [-0.1, -0.05) is 23.7 Å². The molecule has 1 aliphatic carbocycles. The van der Waals surface area contributed by atoms with Crippen molar-refractivity contribution in [1.29, 1.82) is 0 Å². The first-order valence-electron chi connectivity index (χ1n) is 13.8. The lowest BCUT2D eigenvalue weighted by atomic mass is 10.1. The molecule has 0 atom stereocenters. The topological polar surface area (TPSA) is 95.0 Å². The van der Waals surface area contributed by atoms with Gasteiger partial charge < -0.3 is 25.3 Å². The van der Waals surface area contributed by atoms with E-state index >= 15 is 0 Å². The number of carbonyl (C=O) groups is 2. The zero-order chi connectivity index (χ0) is 27.8. The molecule has 2 aliphatic heterocycles. The highest BCUT2D eigenvalue weighted by atomic mass is 35.5. The van der Waals surface area contributed by atoms with Crippen LogP contribution in [-0.4, -0.2) is 64.5 Å². The summed E-state index contributed by atoms with van der Waals surface area (Å²) < 4.78 is 1.77. The van der Waals surface area contributed by atoms with Crippen LogP contribution >= 0.6 is 11.6 Å². The van der Waals surface area contributed by atoms with Gasteiger partial charge in [0.2, 0.25) is 0 Å². The van der Waals surface area contributed by atoms with E-state index in [9.17, 15) is 9.59 Å². The van der Waals surface area contributed by atoms with Gasteiger partial charge in [-0.3, -0.25) is 9.48 Å². The maximum absolute atomic E-state index is 13.8. The molecule has 0 bridgehead atoms. The van der Waals surface area contributed by atoms with Gasteiger partial charge in [-0.05, 0) is 61.1 Å². The van der Waals surface area contributed by atoms with Crippen LogP contribution in [0.4, 0.5) is 22.0 Å². The first-order chi connectivity index (χ1) is 19.3. The number of hydrogen-bond donors (Lipinski definition) is 2. The van der Waals surface area contributed by atoms with E-state index in [-0.39, 0.29) is 12.5 Å². The predicted molar refractivity (Wildman–Crippen MR) is 154 cm³/mol. The molecule has 1 aromatic heterocycles. The van der Waals surface area contributed by atoms with Crippen LogP contribution in [0.25, 0.3) is 0 Å². The Morgan fingerprint density at radius 3 is 2.67 bits per heavy atom. The zero-order valence-electron chi connectivity index (χ0n) is 22.8. The first-order valence-corrected chi connectivity index (χ1v) is 14.1. The van der Waals surface area contributed by atoms with Gasteiger partial charge in [0, 0.05) is 62.5 Å². The van der Waals surface area contributed by atoms with Crippen LogP contribution in [0.5, 0.6) is 0 Å². The summed E-state index contributed by atoms with van der Waals surface area (Å²) in [5.74, 6) is 1.54. The molecule has 3 aliphatic rings. The SMILES string of the molecule is Cc1ccc2c(c1)Nc1c(cnn1C)CN2C(=O)c1ccc(CNC(=O)ON2CCN(CC3CC3)CC2)c(Cl)c1. The van der Waals surface area contributed by atoms with Crippen molar-refractivity contribution in [3.05, 3.63) is 69.9 Å². The van der Waals surface area contributed by atoms with Crippen molar-refractivity contribution in [2.45, 2.75) is 32.9 Å². The third-order valence-corrected chi connectivity index (χ3v) is 8.12. The van der Waals surface area contributed by atoms with Crippen LogP contribution in [0.2, 0.25) is 5.02 Å². The number of hydroxylamine groups is 2. The van der Waals surface area contributed by atoms with E-state index in [0.717, 1.165) is 53.9 Å². The van der Waals surface area contributed by atoms with Gasteiger partial charge in [0.1, 0.15) is 5.82 Å². The number of halogens is 1. The fourth-order valence-corrected chi connectivity index (χ4v) is 5.52. The molecule has 11 heteroatoms. The van der Waals surface area contributed by atoms with Crippen molar-refractivity contribution in [3.8, 4) is 0 Å². The fraction of sp³-hybridized carbons (Fsp3) is 0.414. The number of anilines is 3. The number of carbonyl (C=O) groups excluding carboxylic acids is 2. The third-order valence-electron chi connectivity index (χ3n) is 7.76. The molecule has 10 nitrogen and oxygen atoms in total. The largest absolute Gasteiger partial charge is 0.426 e. The Labute approximate surface area is 238 Å². The Balaban J connectivity index is 1.09. The molecule has 2 fully saturated rings. The molecule has 6 rings (SSSR count). The summed E-state index contributed by atoms with van der Waals surface area (Å²) in [7, 11) is 1.87. The Bertz CT molecular complexity index is 1430. The molecule has 3 aromatic rings. The van der Waals surface area contributed by atoms with Crippen molar-refractivity contribution in [1.82, 2.24) is 25.1 Å². The molecule has 3 heterocycles. The highest BCUT2D eigenvalue weighted by Gasteiger charge is 2.29. The van der Waals surface area contributed by atoms with Crippen molar-refractivity contribution >= 4 is 40.8 Å². The lowest BCUT2D eigenvalue weighted by Crippen LogP contribution is -2.48. The lowest BCUT2D eigenvalue weighted by Gasteiger charge is -2.33. The monoisotopic (exact) mass is 563 g/mol. The van der Waals surface area contributed by atoms with Crippen LogP contribution in [0.3, 0.4) is 0 Å². The number of aromatic nitrogens is 2. The maximum atomic E-state index is 13.8. The summed E-state index contributed by atoms with van der Waals surface area (Å²) in [6.07, 6.45) is 3.94. The third kappa shape index (κ3) is 5.79. The minimum absolute atomic E-state index is 0.176. The molecule has 2 amide bonds.